The molecule has 7 heteroatoms. The molecule has 0 aliphatic heterocycles. The van der Waals surface area contributed by atoms with Crippen LogP contribution in [0.25, 0.3) is 0 Å². The molecule has 0 aliphatic rings. The van der Waals surface area contributed by atoms with E-state index in [-0.39, 0.29) is 16.9 Å². The van der Waals surface area contributed by atoms with E-state index in [4.69, 9.17) is 32.5 Å². The minimum absolute atomic E-state index is 0.103. The largest absolute Gasteiger partial charge is 0.489 e. The van der Waals surface area contributed by atoms with Crippen LogP contribution in [0, 0.1) is 0 Å². The molecule has 0 spiro atoms. The first-order valence-electron chi connectivity index (χ1n) is 4.54. The number of rotatable bonds is 4. The molecule has 0 bridgehead atoms. The molecule has 16 heavy (non-hydrogen) atoms. The number of halogens is 1. The average molecular weight is 243 g/mol. The molecule has 5 nitrogen and oxygen atoms in total. The van der Waals surface area contributed by atoms with E-state index in [1.165, 1.54) is 12.1 Å². The number of carboxylic acid groups (broad SMARTS) is 1. The van der Waals surface area contributed by atoms with Crippen LogP contribution in [0.4, 0.5) is 0 Å². The monoisotopic (exact) mass is 243 g/mol. The predicted molar refractivity (Wildman–Crippen MR) is 60.6 cm³/mol. The van der Waals surface area contributed by atoms with Crippen molar-refractivity contribution >= 4 is 30.2 Å². The third kappa shape index (κ3) is 3.21. The second-order valence-electron chi connectivity index (χ2n) is 3.38. The van der Waals surface area contributed by atoms with Crippen molar-refractivity contribution in [3.63, 3.8) is 0 Å². The molecule has 0 heterocycles. The lowest BCUT2D eigenvalue weighted by molar-refractivity contribution is -0.138. The summed E-state index contributed by atoms with van der Waals surface area (Å²) < 4.78 is 0. The van der Waals surface area contributed by atoms with Gasteiger partial charge in [0.1, 0.15) is 6.04 Å². The molecule has 1 atom stereocenters. The van der Waals surface area contributed by atoms with Crippen LogP contribution in [0.5, 0.6) is 0 Å². The van der Waals surface area contributed by atoms with Crippen molar-refractivity contribution in [3.8, 4) is 0 Å². The molecular weight excluding hydrogens is 232 g/mol. The Labute approximate surface area is 97.6 Å². The van der Waals surface area contributed by atoms with Gasteiger partial charge in [0.05, 0.1) is 0 Å². The van der Waals surface area contributed by atoms with E-state index in [9.17, 15) is 4.79 Å². The van der Waals surface area contributed by atoms with Crippen molar-refractivity contribution < 1.29 is 19.9 Å². The summed E-state index contributed by atoms with van der Waals surface area (Å²) in [5, 5.41) is 26.8. The molecule has 86 valence electrons. The van der Waals surface area contributed by atoms with Gasteiger partial charge in [-0.1, -0.05) is 23.7 Å². The van der Waals surface area contributed by atoms with Gasteiger partial charge in [-0.05, 0) is 18.1 Å². The Bertz CT molecular complexity index is 399. The van der Waals surface area contributed by atoms with E-state index in [2.05, 4.69) is 0 Å². The Balaban J connectivity index is 2.91. The SMILES string of the molecule is N[C@H](Cc1ccc(Cl)c(B(O)O)c1)C(=O)O. The van der Waals surface area contributed by atoms with E-state index in [0.29, 0.717) is 5.56 Å². The van der Waals surface area contributed by atoms with Gasteiger partial charge in [-0.2, -0.15) is 0 Å². The molecule has 0 aliphatic carbocycles. The summed E-state index contributed by atoms with van der Waals surface area (Å²) in [6, 6.07) is 3.47. The van der Waals surface area contributed by atoms with Gasteiger partial charge < -0.3 is 20.9 Å². The Morgan fingerprint density at radius 1 is 1.50 bits per heavy atom. The lowest BCUT2D eigenvalue weighted by Gasteiger charge is -2.09. The van der Waals surface area contributed by atoms with Crippen molar-refractivity contribution in [1.29, 1.82) is 0 Å². The van der Waals surface area contributed by atoms with Crippen molar-refractivity contribution in [2.24, 2.45) is 5.73 Å². The fourth-order valence-corrected chi connectivity index (χ4v) is 1.47. The van der Waals surface area contributed by atoms with Crippen LogP contribution < -0.4 is 11.2 Å². The molecule has 5 N–H and O–H groups in total. The third-order valence-electron chi connectivity index (χ3n) is 2.11. The van der Waals surface area contributed by atoms with Crippen LogP contribution >= 0.6 is 11.6 Å². The molecule has 0 fully saturated rings. The summed E-state index contributed by atoms with van der Waals surface area (Å²) in [6.45, 7) is 0. The Kier molecular flexibility index (Phi) is 4.31. The second-order valence-corrected chi connectivity index (χ2v) is 3.79. The van der Waals surface area contributed by atoms with Crippen molar-refractivity contribution in [3.05, 3.63) is 28.8 Å². The van der Waals surface area contributed by atoms with E-state index in [1.807, 2.05) is 0 Å². The fourth-order valence-electron chi connectivity index (χ4n) is 1.26. The maximum Gasteiger partial charge on any atom is 0.489 e. The van der Waals surface area contributed by atoms with Crippen LogP contribution in [-0.4, -0.2) is 34.3 Å². The first-order valence-corrected chi connectivity index (χ1v) is 4.92. The maximum atomic E-state index is 10.5. The zero-order chi connectivity index (χ0) is 12.3. The first-order chi connectivity index (χ1) is 7.41. The summed E-state index contributed by atoms with van der Waals surface area (Å²) in [6.07, 6.45) is 0.103. The quantitative estimate of drug-likeness (QED) is 0.507. The minimum Gasteiger partial charge on any atom is -0.480 e. The smallest absolute Gasteiger partial charge is 0.480 e. The molecule has 0 aromatic heterocycles. The van der Waals surface area contributed by atoms with Gasteiger partial charge in [0, 0.05) is 10.5 Å². The summed E-state index contributed by atoms with van der Waals surface area (Å²) in [5.41, 5.74) is 6.08. The number of carboxylic acids is 1. The van der Waals surface area contributed by atoms with Crippen LogP contribution in [-0.2, 0) is 11.2 Å². The number of hydrogen-bond donors (Lipinski definition) is 4. The number of nitrogens with two attached hydrogens (primary N) is 1. The number of hydrogen-bond acceptors (Lipinski definition) is 4. The van der Waals surface area contributed by atoms with E-state index in [1.54, 1.807) is 6.07 Å². The van der Waals surface area contributed by atoms with Crippen LogP contribution in [0.1, 0.15) is 5.56 Å². The highest BCUT2D eigenvalue weighted by molar-refractivity contribution is 6.62. The lowest BCUT2D eigenvalue weighted by Crippen LogP contribution is -2.34. The highest BCUT2D eigenvalue weighted by Crippen LogP contribution is 2.09. The normalized spacial score (nSPS) is 12.2. The fraction of sp³-hybridized carbons (Fsp3) is 0.222. The molecule has 0 radical (unpaired) electrons. The molecule has 0 amide bonds. The number of benzene rings is 1. The van der Waals surface area contributed by atoms with Crippen molar-refractivity contribution in [2.75, 3.05) is 0 Å². The number of carbonyl (C=O) groups is 1. The molecule has 1 aromatic rings. The van der Waals surface area contributed by atoms with Crippen LogP contribution in [0.3, 0.4) is 0 Å². The van der Waals surface area contributed by atoms with Gasteiger partial charge in [-0.15, -0.1) is 0 Å². The minimum atomic E-state index is -1.69. The second kappa shape index (κ2) is 5.31. The lowest BCUT2D eigenvalue weighted by atomic mass is 9.79. The summed E-state index contributed by atoms with van der Waals surface area (Å²) in [4.78, 5) is 10.5. The zero-order valence-corrected chi connectivity index (χ0v) is 9.05. The third-order valence-corrected chi connectivity index (χ3v) is 2.46. The molecular formula is C9H11BClNO4. The van der Waals surface area contributed by atoms with E-state index >= 15 is 0 Å². The average Bonchev–Trinajstić information content (AvgIpc) is 2.20. The van der Waals surface area contributed by atoms with E-state index < -0.39 is 19.1 Å². The number of aliphatic carboxylic acids is 1. The summed E-state index contributed by atoms with van der Waals surface area (Å²) in [7, 11) is -1.69. The highest BCUT2D eigenvalue weighted by atomic mass is 35.5. The van der Waals surface area contributed by atoms with E-state index in [0.717, 1.165) is 0 Å². The Hall–Kier alpha value is -1.08. The Morgan fingerprint density at radius 2 is 2.12 bits per heavy atom. The summed E-state index contributed by atoms with van der Waals surface area (Å²) in [5.74, 6) is -1.11. The molecule has 0 saturated carbocycles. The Morgan fingerprint density at radius 3 is 2.62 bits per heavy atom. The molecule has 0 unspecified atom stereocenters. The van der Waals surface area contributed by atoms with Crippen molar-refractivity contribution in [2.45, 2.75) is 12.5 Å². The van der Waals surface area contributed by atoms with Gasteiger partial charge in [0.25, 0.3) is 0 Å². The van der Waals surface area contributed by atoms with Gasteiger partial charge in [-0.25, -0.2) is 0 Å². The van der Waals surface area contributed by atoms with Crippen molar-refractivity contribution in [1.82, 2.24) is 0 Å². The standard InChI is InChI=1S/C9H11BClNO4/c11-7-2-1-5(3-6(7)10(15)16)4-8(12)9(13)14/h1-3,8,15-16H,4,12H2,(H,13,14)/t8-/m1/s1. The van der Waals surface area contributed by atoms with Crippen LogP contribution in [0.2, 0.25) is 5.02 Å². The highest BCUT2D eigenvalue weighted by Gasteiger charge is 2.18. The summed E-state index contributed by atoms with van der Waals surface area (Å²) >= 11 is 5.72. The zero-order valence-electron chi connectivity index (χ0n) is 8.30. The predicted octanol–water partition coefficient (Wildman–Crippen LogP) is -1.03. The molecule has 0 saturated heterocycles. The van der Waals surface area contributed by atoms with Gasteiger partial charge in [0.15, 0.2) is 0 Å². The van der Waals surface area contributed by atoms with Gasteiger partial charge >= 0.3 is 13.1 Å². The molecule has 1 aromatic carbocycles. The van der Waals surface area contributed by atoms with Gasteiger partial charge in [-0.3, -0.25) is 4.79 Å². The first kappa shape index (κ1) is 13.0. The van der Waals surface area contributed by atoms with Gasteiger partial charge in [0.2, 0.25) is 0 Å². The van der Waals surface area contributed by atoms with Crippen LogP contribution in [0.15, 0.2) is 18.2 Å². The topological polar surface area (TPSA) is 104 Å². The molecule has 1 rings (SSSR count). The maximum absolute atomic E-state index is 10.5.